The third-order valence-corrected chi connectivity index (χ3v) is 6.26. The molecule has 0 bridgehead atoms. The summed E-state index contributed by atoms with van der Waals surface area (Å²) in [7, 11) is 6.86. The summed E-state index contributed by atoms with van der Waals surface area (Å²) in [6.07, 6.45) is 12.6. The maximum atomic E-state index is 3.91. The summed E-state index contributed by atoms with van der Waals surface area (Å²) in [5.41, 5.74) is 0.402. The van der Waals surface area contributed by atoms with Crippen molar-refractivity contribution in [3.63, 3.8) is 0 Å². The molecule has 0 saturated heterocycles. The highest BCUT2D eigenvalue weighted by atomic mass is 15.4. The Hall–Kier alpha value is -0.840. The van der Waals surface area contributed by atoms with Gasteiger partial charge < -0.3 is 4.90 Å². The Morgan fingerprint density at radius 3 is 2.91 bits per heavy atom. The molecule has 1 saturated carbocycles. The molecule has 4 heteroatoms. The van der Waals surface area contributed by atoms with Crippen LogP contribution in [0.4, 0.5) is 0 Å². The Labute approximate surface area is 135 Å². The van der Waals surface area contributed by atoms with Crippen molar-refractivity contribution in [3.8, 4) is 0 Å². The normalized spacial score (nSPS) is 43.4. The fraction of sp³-hybridized carbons (Fsp3) is 0.778. The molecule has 0 aromatic rings. The molecule has 0 spiro atoms. The Morgan fingerprint density at radius 1 is 1.41 bits per heavy atom. The molecule has 2 heterocycles. The lowest BCUT2D eigenvalue weighted by Gasteiger charge is -2.45. The minimum absolute atomic E-state index is 0.307. The van der Waals surface area contributed by atoms with Gasteiger partial charge in [0.05, 0.1) is 26.5 Å². The van der Waals surface area contributed by atoms with E-state index in [0.29, 0.717) is 17.7 Å². The number of likely N-dealkylation sites (N-methyl/N-ethyl adjacent to an activating group) is 1. The van der Waals surface area contributed by atoms with Crippen LogP contribution < -0.4 is 10.6 Å². The zero-order chi connectivity index (χ0) is 16.0. The number of hydrogen-bond donors (Lipinski definition) is 2. The molecule has 2 aliphatic heterocycles. The highest BCUT2D eigenvalue weighted by molar-refractivity contribution is 5.17. The van der Waals surface area contributed by atoms with E-state index in [1.54, 1.807) is 0 Å². The molecule has 0 amide bonds. The highest BCUT2D eigenvalue weighted by Crippen LogP contribution is 2.66. The molecule has 1 aliphatic carbocycles. The second kappa shape index (κ2) is 5.66. The summed E-state index contributed by atoms with van der Waals surface area (Å²) in [5, 5.41) is 7.46. The fourth-order valence-electron chi connectivity index (χ4n) is 4.96. The lowest BCUT2D eigenvalue weighted by molar-refractivity contribution is -0.879. The second-order valence-corrected chi connectivity index (χ2v) is 7.94. The van der Waals surface area contributed by atoms with Gasteiger partial charge >= 0.3 is 0 Å². The van der Waals surface area contributed by atoms with E-state index in [-0.39, 0.29) is 0 Å². The van der Waals surface area contributed by atoms with Crippen LogP contribution in [0.25, 0.3) is 0 Å². The highest BCUT2D eigenvalue weighted by Gasteiger charge is 2.69. The molecule has 0 radical (unpaired) electrons. The number of rotatable bonds is 3. The number of hydrogen-bond acceptors (Lipinski definition) is 3. The van der Waals surface area contributed by atoms with Gasteiger partial charge in [-0.1, -0.05) is 19.9 Å². The summed E-state index contributed by atoms with van der Waals surface area (Å²) >= 11 is 0. The van der Waals surface area contributed by atoms with E-state index in [0.717, 1.165) is 22.9 Å². The van der Waals surface area contributed by atoms with Crippen LogP contribution in [-0.2, 0) is 0 Å². The number of fused-ring (bicyclic) bond motifs is 1. The number of nitrogens with one attached hydrogen (secondary N) is 2. The first-order chi connectivity index (χ1) is 10.4. The fourth-order valence-corrected chi connectivity index (χ4v) is 4.96. The molecule has 2 N–H and O–H groups in total. The largest absolute Gasteiger partial charge is 0.381 e. The van der Waals surface area contributed by atoms with Crippen molar-refractivity contribution in [3.05, 3.63) is 24.6 Å². The molecule has 4 nitrogen and oxygen atoms in total. The third-order valence-electron chi connectivity index (χ3n) is 6.26. The van der Waals surface area contributed by atoms with Gasteiger partial charge in [0, 0.05) is 25.1 Å². The van der Waals surface area contributed by atoms with E-state index >= 15 is 0 Å². The van der Waals surface area contributed by atoms with Gasteiger partial charge in [-0.05, 0) is 37.4 Å². The first-order valence-corrected chi connectivity index (χ1v) is 8.81. The quantitative estimate of drug-likeness (QED) is 0.780. The van der Waals surface area contributed by atoms with Gasteiger partial charge in [-0.25, -0.2) is 5.32 Å². The van der Waals surface area contributed by atoms with Gasteiger partial charge in [0.1, 0.15) is 0 Å². The Bertz CT molecular complexity index is 470. The SMILES string of the molecule is CCNC1C=C[N+](C)(C)C(C23CC=CN(C)CCC2C3C)N1. The van der Waals surface area contributed by atoms with Crippen molar-refractivity contribution in [2.75, 3.05) is 34.2 Å². The standard InChI is InChI=1S/C18H33N4/c1-6-19-16-9-13-22(4,5)17(20-16)18-10-7-11-21(3)12-8-15(18)14(18)2/h7,9,11,13-17,19-20H,6,8,10,12H2,1-5H3/q+1. The van der Waals surface area contributed by atoms with Gasteiger partial charge in [0.2, 0.25) is 0 Å². The summed E-state index contributed by atoms with van der Waals surface area (Å²) in [5.74, 6) is 1.64. The molecule has 124 valence electrons. The van der Waals surface area contributed by atoms with Crippen molar-refractivity contribution in [2.24, 2.45) is 17.3 Å². The van der Waals surface area contributed by atoms with Crippen molar-refractivity contribution in [1.29, 1.82) is 0 Å². The van der Waals surface area contributed by atoms with Crippen LogP contribution in [0.2, 0.25) is 0 Å². The maximum Gasteiger partial charge on any atom is 0.154 e. The van der Waals surface area contributed by atoms with Crippen LogP contribution in [0.1, 0.15) is 26.7 Å². The van der Waals surface area contributed by atoms with Gasteiger partial charge in [-0.3, -0.25) is 9.80 Å². The van der Waals surface area contributed by atoms with Crippen LogP contribution in [0.5, 0.6) is 0 Å². The van der Waals surface area contributed by atoms with E-state index in [1.165, 1.54) is 19.4 Å². The van der Waals surface area contributed by atoms with Gasteiger partial charge in [-0.15, -0.1) is 0 Å². The minimum Gasteiger partial charge on any atom is -0.381 e. The zero-order valence-corrected chi connectivity index (χ0v) is 14.8. The molecule has 0 aromatic heterocycles. The molecular formula is C18H33N4+. The Kier molecular flexibility index (Phi) is 4.12. The topological polar surface area (TPSA) is 27.3 Å². The predicted molar refractivity (Wildman–Crippen MR) is 91.7 cm³/mol. The monoisotopic (exact) mass is 305 g/mol. The lowest BCUT2D eigenvalue weighted by Crippen LogP contribution is -2.65. The van der Waals surface area contributed by atoms with Gasteiger partial charge in [-0.2, -0.15) is 0 Å². The van der Waals surface area contributed by atoms with E-state index < -0.39 is 0 Å². The smallest absolute Gasteiger partial charge is 0.154 e. The average Bonchev–Trinajstić information content (AvgIpc) is 2.99. The molecule has 3 rings (SSSR count). The van der Waals surface area contributed by atoms with E-state index in [1.807, 2.05) is 0 Å². The lowest BCUT2D eigenvalue weighted by atomic mass is 9.89. The van der Waals surface area contributed by atoms with Crippen LogP contribution in [0.15, 0.2) is 24.6 Å². The zero-order valence-electron chi connectivity index (χ0n) is 14.8. The number of allylic oxidation sites excluding steroid dienone is 1. The molecule has 22 heavy (non-hydrogen) atoms. The average molecular weight is 305 g/mol. The summed E-state index contributed by atoms with van der Waals surface area (Å²) < 4.78 is 0.937. The number of quaternary nitrogens is 1. The second-order valence-electron chi connectivity index (χ2n) is 7.94. The maximum absolute atomic E-state index is 3.91. The van der Waals surface area contributed by atoms with Crippen molar-refractivity contribution < 1.29 is 4.48 Å². The summed E-state index contributed by atoms with van der Waals surface area (Å²) in [6.45, 7) is 6.82. The van der Waals surface area contributed by atoms with E-state index in [9.17, 15) is 0 Å². The predicted octanol–water partition coefficient (Wildman–Crippen LogP) is 1.93. The minimum atomic E-state index is 0.307. The van der Waals surface area contributed by atoms with Crippen LogP contribution >= 0.6 is 0 Å². The van der Waals surface area contributed by atoms with Crippen molar-refractivity contribution in [1.82, 2.24) is 15.5 Å². The molecular weight excluding hydrogens is 272 g/mol. The first kappa shape index (κ1) is 16.0. The van der Waals surface area contributed by atoms with Crippen molar-refractivity contribution >= 4 is 0 Å². The van der Waals surface area contributed by atoms with Crippen LogP contribution in [0.3, 0.4) is 0 Å². The van der Waals surface area contributed by atoms with Crippen LogP contribution in [-0.4, -0.2) is 55.9 Å². The van der Waals surface area contributed by atoms with E-state index in [4.69, 9.17) is 0 Å². The molecule has 3 aliphatic rings. The van der Waals surface area contributed by atoms with Crippen molar-refractivity contribution in [2.45, 2.75) is 39.0 Å². The molecule has 0 aromatic carbocycles. The molecule has 5 unspecified atom stereocenters. The molecule has 1 fully saturated rings. The molecule has 5 atom stereocenters. The Morgan fingerprint density at radius 2 is 2.18 bits per heavy atom. The van der Waals surface area contributed by atoms with Crippen LogP contribution in [0, 0.1) is 17.3 Å². The van der Waals surface area contributed by atoms with E-state index in [2.05, 4.69) is 75.1 Å². The summed E-state index contributed by atoms with van der Waals surface area (Å²) in [4.78, 5) is 2.34. The first-order valence-electron chi connectivity index (χ1n) is 8.81. The number of nitrogens with zero attached hydrogens (tertiary/aromatic N) is 2. The van der Waals surface area contributed by atoms with Gasteiger partial charge in [0.25, 0.3) is 0 Å². The summed E-state index contributed by atoms with van der Waals surface area (Å²) in [6, 6.07) is 0. The van der Waals surface area contributed by atoms with Gasteiger partial charge in [0.15, 0.2) is 6.17 Å². The third kappa shape index (κ3) is 2.51. The Balaban J connectivity index is 1.87.